The molecule has 1 aliphatic rings. The van der Waals surface area contributed by atoms with Gasteiger partial charge < -0.3 is 9.88 Å². The lowest BCUT2D eigenvalue weighted by Gasteiger charge is -2.06. The number of benzene rings is 1. The molecule has 3 rings (SSSR count). The number of nitrogens with one attached hydrogen (secondary N) is 1. The fourth-order valence-corrected chi connectivity index (χ4v) is 3.33. The lowest BCUT2D eigenvalue weighted by atomic mass is 10.0. The van der Waals surface area contributed by atoms with E-state index >= 15 is 0 Å². The second-order valence-corrected chi connectivity index (χ2v) is 6.43. The molecule has 0 bridgehead atoms. The van der Waals surface area contributed by atoms with E-state index in [0.29, 0.717) is 0 Å². The average Bonchev–Trinajstić information content (AvgIpc) is 3.18. The van der Waals surface area contributed by atoms with Gasteiger partial charge >= 0.3 is 0 Å². The van der Waals surface area contributed by atoms with Crippen molar-refractivity contribution < 1.29 is 0 Å². The molecule has 0 radical (unpaired) electrons. The number of rotatable bonds is 5. The lowest BCUT2D eigenvalue weighted by Crippen LogP contribution is -2.17. The molecule has 1 N–H and O–H groups in total. The molecule has 20 heavy (non-hydrogen) atoms. The first-order chi connectivity index (χ1) is 9.58. The van der Waals surface area contributed by atoms with Crippen molar-refractivity contribution in [1.29, 1.82) is 0 Å². The van der Waals surface area contributed by atoms with Crippen molar-refractivity contribution in [2.45, 2.75) is 52.5 Å². The predicted octanol–water partition coefficient (Wildman–Crippen LogP) is 3.79. The molecule has 0 spiro atoms. The van der Waals surface area contributed by atoms with E-state index in [-0.39, 0.29) is 0 Å². The fraction of sp³-hybridized carbons (Fsp3) is 0.556. The highest BCUT2D eigenvalue weighted by molar-refractivity contribution is 5.89. The molecule has 1 heterocycles. The van der Waals surface area contributed by atoms with Crippen molar-refractivity contribution in [2.75, 3.05) is 6.54 Å². The Morgan fingerprint density at radius 2 is 1.95 bits per heavy atom. The van der Waals surface area contributed by atoms with Gasteiger partial charge in [0.1, 0.15) is 0 Å². The van der Waals surface area contributed by atoms with Gasteiger partial charge in [0.25, 0.3) is 0 Å². The van der Waals surface area contributed by atoms with Crippen molar-refractivity contribution in [3.8, 4) is 0 Å². The third-order valence-electron chi connectivity index (χ3n) is 4.68. The van der Waals surface area contributed by atoms with Crippen LogP contribution < -0.4 is 5.32 Å². The molecule has 0 aliphatic heterocycles. The van der Waals surface area contributed by atoms with E-state index in [4.69, 9.17) is 0 Å². The van der Waals surface area contributed by atoms with Crippen molar-refractivity contribution >= 4 is 10.9 Å². The molecule has 2 heteroatoms. The topological polar surface area (TPSA) is 17.0 Å². The Morgan fingerprint density at radius 1 is 1.20 bits per heavy atom. The van der Waals surface area contributed by atoms with Gasteiger partial charge in [-0.25, -0.2) is 0 Å². The molecular formula is C18H26N2. The monoisotopic (exact) mass is 270 g/mol. The van der Waals surface area contributed by atoms with Crippen LogP contribution in [0.15, 0.2) is 12.1 Å². The normalized spacial score (nSPS) is 15.2. The van der Waals surface area contributed by atoms with Crippen LogP contribution in [0, 0.1) is 20.8 Å². The Kier molecular flexibility index (Phi) is 3.59. The van der Waals surface area contributed by atoms with Gasteiger partial charge in [0, 0.05) is 29.7 Å². The van der Waals surface area contributed by atoms with Crippen molar-refractivity contribution in [2.24, 2.45) is 7.05 Å². The summed E-state index contributed by atoms with van der Waals surface area (Å²) in [4.78, 5) is 0. The minimum atomic E-state index is 0.827. The van der Waals surface area contributed by atoms with Crippen LogP contribution in [0.4, 0.5) is 0 Å². The number of aromatic nitrogens is 1. The zero-order valence-corrected chi connectivity index (χ0v) is 13.2. The number of fused-ring (bicyclic) bond motifs is 1. The molecule has 0 atom stereocenters. The SMILES string of the molecule is Cc1cc(C)c2c(CCCNC3CC3)c(C)n(C)c2c1. The molecule has 1 fully saturated rings. The maximum absolute atomic E-state index is 3.62. The second kappa shape index (κ2) is 5.25. The van der Waals surface area contributed by atoms with Crippen LogP contribution >= 0.6 is 0 Å². The Bertz CT molecular complexity index is 633. The largest absolute Gasteiger partial charge is 0.348 e. The summed E-state index contributed by atoms with van der Waals surface area (Å²) in [6, 6.07) is 5.46. The van der Waals surface area contributed by atoms with Gasteiger partial charge in [-0.2, -0.15) is 0 Å². The molecule has 1 aliphatic carbocycles. The molecule has 1 aromatic carbocycles. The highest BCUT2D eigenvalue weighted by atomic mass is 15.0. The first-order valence-corrected chi connectivity index (χ1v) is 7.86. The second-order valence-electron chi connectivity index (χ2n) is 6.43. The van der Waals surface area contributed by atoms with E-state index in [9.17, 15) is 0 Å². The van der Waals surface area contributed by atoms with E-state index in [1.165, 1.54) is 53.4 Å². The maximum Gasteiger partial charge on any atom is 0.0488 e. The van der Waals surface area contributed by atoms with Gasteiger partial charge in [0.15, 0.2) is 0 Å². The maximum atomic E-state index is 3.62. The minimum Gasteiger partial charge on any atom is -0.348 e. The van der Waals surface area contributed by atoms with Crippen LogP contribution in [0.2, 0.25) is 0 Å². The van der Waals surface area contributed by atoms with Crippen molar-refractivity contribution in [3.05, 3.63) is 34.5 Å². The van der Waals surface area contributed by atoms with E-state index in [0.717, 1.165) is 12.6 Å². The van der Waals surface area contributed by atoms with Crippen LogP contribution in [-0.2, 0) is 13.5 Å². The zero-order chi connectivity index (χ0) is 14.3. The molecule has 0 saturated heterocycles. The molecule has 0 amide bonds. The highest BCUT2D eigenvalue weighted by Crippen LogP contribution is 2.30. The Morgan fingerprint density at radius 3 is 2.65 bits per heavy atom. The molecule has 0 unspecified atom stereocenters. The fourth-order valence-electron chi connectivity index (χ4n) is 3.33. The zero-order valence-electron chi connectivity index (χ0n) is 13.2. The third-order valence-corrected chi connectivity index (χ3v) is 4.68. The summed E-state index contributed by atoms with van der Waals surface area (Å²) in [5.74, 6) is 0. The summed E-state index contributed by atoms with van der Waals surface area (Å²) in [7, 11) is 2.20. The van der Waals surface area contributed by atoms with Crippen LogP contribution in [0.3, 0.4) is 0 Å². The van der Waals surface area contributed by atoms with Crippen molar-refractivity contribution in [3.63, 3.8) is 0 Å². The molecule has 2 aromatic rings. The molecule has 1 saturated carbocycles. The van der Waals surface area contributed by atoms with Crippen LogP contribution in [0.1, 0.15) is 41.6 Å². The van der Waals surface area contributed by atoms with Gasteiger partial charge in [0.05, 0.1) is 0 Å². The quantitative estimate of drug-likeness (QED) is 0.818. The number of hydrogen-bond acceptors (Lipinski definition) is 1. The third kappa shape index (κ3) is 2.49. The minimum absolute atomic E-state index is 0.827. The summed E-state index contributed by atoms with van der Waals surface area (Å²) >= 11 is 0. The molecule has 1 aromatic heterocycles. The Hall–Kier alpha value is -1.28. The predicted molar refractivity (Wildman–Crippen MR) is 86.5 cm³/mol. The van der Waals surface area contributed by atoms with E-state index in [1.54, 1.807) is 5.56 Å². The Balaban J connectivity index is 1.86. The van der Waals surface area contributed by atoms with E-state index in [1.807, 2.05) is 0 Å². The molecule has 2 nitrogen and oxygen atoms in total. The van der Waals surface area contributed by atoms with Gasteiger partial charge in [-0.05, 0) is 75.8 Å². The van der Waals surface area contributed by atoms with Gasteiger partial charge in [-0.15, -0.1) is 0 Å². The molecular weight excluding hydrogens is 244 g/mol. The van der Waals surface area contributed by atoms with Gasteiger partial charge in [-0.3, -0.25) is 0 Å². The lowest BCUT2D eigenvalue weighted by molar-refractivity contribution is 0.645. The van der Waals surface area contributed by atoms with Gasteiger partial charge in [-0.1, -0.05) is 6.07 Å². The number of nitrogens with zero attached hydrogens (tertiary/aromatic N) is 1. The highest BCUT2D eigenvalue weighted by Gasteiger charge is 2.20. The summed E-state index contributed by atoms with van der Waals surface area (Å²) < 4.78 is 2.36. The smallest absolute Gasteiger partial charge is 0.0488 e. The van der Waals surface area contributed by atoms with Crippen LogP contribution in [0.5, 0.6) is 0 Å². The summed E-state index contributed by atoms with van der Waals surface area (Å²) in [5, 5.41) is 5.11. The summed E-state index contributed by atoms with van der Waals surface area (Å²) in [5.41, 5.74) is 7.16. The Labute approximate surface area is 122 Å². The van der Waals surface area contributed by atoms with Crippen LogP contribution in [0.25, 0.3) is 10.9 Å². The average molecular weight is 270 g/mol. The first-order valence-electron chi connectivity index (χ1n) is 7.86. The van der Waals surface area contributed by atoms with E-state index < -0.39 is 0 Å². The molecule has 108 valence electrons. The van der Waals surface area contributed by atoms with Gasteiger partial charge in [0.2, 0.25) is 0 Å². The van der Waals surface area contributed by atoms with Crippen molar-refractivity contribution in [1.82, 2.24) is 9.88 Å². The van der Waals surface area contributed by atoms with Crippen LogP contribution in [-0.4, -0.2) is 17.2 Å². The first kappa shape index (κ1) is 13.7. The summed E-state index contributed by atoms with van der Waals surface area (Å²) in [6.07, 6.45) is 5.19. The van der Waals surface area contributed by atoms with E-state index in [2.05, 4.69) is 49.8 Å². The summed E-state index contributed by atoms with van der Waals surface area (Å²) in [6.45, 7) is 7.86. The number of hydrogen-bond donors (Lipinski definition) is 1. The number of aryl methyl sites for hydroxylation is 4. The standard InChI is InChI=1S/C18H26N2/c1-12-10-13(2)18-16(6-5-9-19-15-7-8-15)14(3)20(4)17(18)11-12/h10-11,15,19H,5-9H2,1-4H3.